The molecule has 1 aliphatic heterocycles. The number of nitrogens with one attached hydrogen (secondary N) is 2. The minimum atomic E-state index is -0.440. The second kappa shape index (κ2) is 9.93. The van der Waals surface area contributed by atoms with Crippen molar-refractivity contribution in [2.45, 2.75) is 71.2 Å². The summed E-state index contributed by atoms with van der Waals surface area (Å²) in [7, 11) is 0. The van der Waals surface area contributed by atoms with Gasteiger partial charge >= 0.3 is 6.09 Å². The van der Waals surface area contributed by atoms with Crippen molar-refractivity contribution in [3.63, 3.8) is 0 Å². The molecule has 1 saturated heterocycles. The molecule has 0 spiro atoms. The first-order valence-corrected chi connectivity index (χ1v) is 9.82. The van der Waals surface area contributed by atoms with E-state index in [1.807, 2.05) is 20.8 Å². The number of piperidine rings is 1. The number of carbonyl (C=O) groups excluding carboxylic acids is 1. The number of benzene rings is 1. The van der Waals surface area contributed by atoms with Crippen molar-refractivity contribution in [3.05, 3.63) is 35.9 Å². The summed E-state index contributed by atoms with van der Waals surface area (Å²) in [5, 5.41) is 6.53. The van der Waals surface area contributed by atoms with Crippen molar-refractivity contribution in [2.24, 2.45) is 0 Å². The van der Waals surface area contributed by atoms with E-state index in [0.29, 0.717) is 18.6 Å². The van der Waals surface area contributed by atoms with Gasteiger partial charge in [-0.1, -0.05) is 30.3 Å². The van der Waals surface area contributed by atoms with Crippen molar-refractivity contribution < 1.29 is 9.53 Å². The Bertz CT molecular complexity index is 534. The first kappa shape index (κ1) is 20.7. The van der Waals surface area contributed by atoms with Gasteiger partial charge in [0.1, 0.15) is 5.60 Å². The highest BCUT2D eigenvalue weighted by Gasteiger charge is 2.22. The van der Waals surface area contributed by atoms with Crippen LogP contribution in [0.15, 0.2) is 30.3 Å². The molecule has 0 unspecified atom stereocenters. The van der Waals surface area contributed by atoms with E-state index in [9.17, 15) is 4.79 Å². The largest absolute Gasteiger partial charge is 0.444 e. The Morgan fingerprint density at radius 1 is 1.23 bits per heavy atom. The monoisotopic (exact) mass is 361 g/mol. The van der Waals surface area contributed by atoms with Crippen molar-refractivity contribution in [1.29, 1.82) is 0 Å². The van der Waals surface area contributed by atoms with E-state index in [4.69, 9.17) is 4.74 Å². The van der Waals surface area contributed by atoms with Crippen LogP contribution in [0.1, 0.15) is 52.5 Å². The number of hydrogen-bond donors (Lipinski definition) is 2. The fraction of sp³-hybridized carbons (Fsp3) is 0.667. The van der Waals surface area contributed by atoms with Gasteiger partial charge in [-0.05, 0) is 65.6 Å². The van der Waals surface area contributed by atoms with Crippen LogP contribution in [0.5, 0.6) is 0 Å². The predicted molar refractivity (Wildman–Crippen MR) is 106 cm³/mol. The maximum Gasteiger partial charge on any atom is 0.407 e. The Kier molecular flexibility index (Phi) is 7.91. The second-order valence-electron chi connectivity index (χ2n) is 8.24. The summed E-state index contributed by atoms with van der Waals surface area (Å²) in [4.78, 5) is 14.2. The van der Waals surface area contributed by atoms with E-state index in [2.05, 4.69) is 52.8 Å². The van der Waals surface area contributed by atoms with Gasteiger partial charge in [0.05, 0.1) is 0 Å². The minimum Gasteiger partial charge on any atom is -0.444 e. The molecular weight excluding hydrogens is 326 g/mol. The van der Waals surface area contributed by atoms with Crippen molar-refractivity contribution in [2.75, 3.05) is 19.6 Å². The van der Waals surface area contributed by atoms with E-state index in [1.165, 1.54) is 18.4 Å². The minimum absolute atomic E-state index is 0.325. The topological polar surface area (TPSA) is 53.6 Å². The van der Waals surface area contributed by atoms with Crippen LogP contribution < -0.4 is 10.6 Å². The summed E-state index contributed by atoms with van der Waals surface area (Å²) in [5.41, 5.74) is 0.904. The van der Waals surface area contributed by atoms with Gasteiger partial charge in [0.25, 0.3) is 0 Å². The third-order valence-corrected chi connectivity index (χ3v) is 4.82. The first-order chi connectivity index (χ1) is 12.3. The number of alkyl carbamates (subject to hydrolysis) is 1. The van der Waals surface area contributed by atoms with Crippen LogP contribution in [0.3, 0.4) is 0 Å². The van der Waals surface area contributed by atoms with Gasteiger partial charge < -0.3 is 20.3 Å². The predicted octanol–water partition coefficient (Wildman–Crippen LogP) is 3.54. The molecule has 0 saturated carbocycles. The molecule has 1 fully saturated rings. The third-order valence-electron chi connectivity index (χ3n) is 4.82. The lowest BCUT2D eigenvalue weighted by Gasteiger charge is -2.36. The maximum atomic E-state index is 11.7. The van der Waals surface area contributed by atoms with Crippen LogP contribution in [0, 0.1) is 0 Å². The van der Waals surface area contributed by atoms with Crippen LogP contribution >= 0.6 is 0 Å². The number of rotatable bonds is 7. The standard InChI is InChI=1S/C21H35N3O2/c1-17(10-13-22-20(25)26-21(2,3)4)24-14-11-19(12-15-24)23-16-18-8-6-5-7-9-18/h5-9,17,19,23H,10-16H2,1-4H3,(H,22,25)/t17-/m1/s1. The van der Waals surface area contributed by atoms with Crippen LogP contribution in [0.2, 0.25) is 0 Å². The summed E-state index contributed by atoms with van der Waals surface area (Å²) in [6.07, 6.45) is 2.97. The van der Waals surface area contributed by atoms with Crippen molar-refractivity contribution in [3.8, 4) is 0 Å². The molecule has 1 heterocycles. The van der Waals surface area contributed by atoms with Crippen LogP contribution in [-0.4, -0.2) is 48.3 Å². The SMILES string of the molecule is C[C@H](CCNC(=O)OC(C)(C)C)N1CCC(NCc2ccccc2)CC1. The smallest absolute Gasteiger partial charge is 0.407 e. The molecule has 2 rings (SSSR count). The first-order valence-electron chi connectivity index (χ1n) is 9.82. The fourth-order valence-electron chi connectivity index (χ4n) is 3.28. The second-order valence-corrected chi connectivity index (χ2v) is 8.24. The molecule has 2 N–H and O–H groups in total. The molecule has 1 aliphatic rings. The Morgan fingerprint density at radius 3 is 2.50 bits per heavy atom. The van der Waals surface area contributed by atoms with Gasteiger partial charge in [0, 0.05) is 25.2 Å². The molecule has 5 heteroatoms. The Morgan fingerprint density at radius 2 is 1.88 bits per heavy atom. The lowest BCUT2D eigenvalue weighted by molar-refractivity contribution is 0.0520. The zero-order valence-electron chi connectivity index (χ0n) is 16.8. The molecule has 1 aromatic rings. The highest BCUT2D eigenvalue weighted by Crippen LogP contribution is 2.15. The average Bonchev–Trinajstić information content (AvgIpc) is 2.59. The number of likely N-dealkylation sites (tertiary alicyclic amines) is 1. The van der Waals surface area contributed by atoms with Crippen LogP contribution in [-0.2, 0) is 11.3 Å². The fourth-order valence-corrected chi connectivity index (χ4v) is 3.28. The van der Waals surface area contributed by atoms with Crippen molar-refractivity contribution >= 4 is 6.09 Å². The molecule has 0 radical (unpaired) electrons. The Balaban J connectivity index is 1.60. The van der Waals surface area contributed by atoms with Crippen molar-refractivity contribution in [1.82, 2.24) is 15.5 Å². The Labute approximate surface area is 158 Å². The summed E-state index contributed by atoms with van der Waals surface area (Å²) >= 11 is 0. The molecule has 1 atom stereocenters. The molecule has 0 bridgehead atoms. The molecule has 1 amide bonds. The van der Waals surface area contributed by atoms with Crippen LogP contribution in [0.25, 0.3) is 0 Å². The van der Waals surface area contributed by atoms with Gasteiger partial charge in [0.2, 0.25) is 0 Å². The average molecular weight is 362 g/mol. The molecule has 1 aromatic carbocycles. The molecule has 0 aromatic heterocycles. The maximum absolute atomic E-state index is 11.7. The highest BCUT2D eigenvalue weighted by atomic mass is 16.6. The molecule has 0 aliphatic carbocycles. The zero-order chi connectivity index (χ0) is 19.0. The lowest BCUT2D eigenvalue weighted by atomic mass is 10.0. The zero-order valence-corrected chi connectivity index (χ0v) is 16.8. The van der Waals surface area contributed by atoms with E-state index in [1.54, 1.807) is 0 Å². The molecule has 26 heavy (non-hydrogen) atoms. The number of ether oxygens (including phenoxy) is 1. The van der Waals surface area contributed by atoms with Gasteiger partial charge in [-0.2, -0.15) is 0 Å². The number of nitrogens with zero attached hydrogens (tertiary/aromatic N) is 1. The van der Waals surface area contributed by atoms with Gasteiger partial charge in [-0.25, -0.2) is 4.79 Å². The summed E-state index contributed by atoms with van der Waals surface area (Å²) < 4.78 is 5.27. The van der Waals surface area contributed by atoms with Gasteiger partial charge in [-0.3, -0.25) is 0 Å². The molecular formula is C21H35N3O2. The van der Waals surface area contributed by atoms with Crippen LogP contribution in [0.4, 0.5) is 4.79 Å². The van der Waals surface area contributed by atoms with E-state index in [-0.39, 0.29) is 6.09 Å². The van der Waals surface area contributed by atoms with Gasteiger partial charge in [-0.15, -0.1) is 0 Å². The third kappa shape index (κ3) is 7.75. The summed E-state index contributed by atoms with van der Waals surface area (Å²) in [5.74, 6) is 0. The highest BCUT2D eigenvalue weighted by molar-refractivity contribution is 5.67. The molecule has 146 valence electrons. The van der Waals surface area contributed by atoms with Gasteiger partial charge in [0.15, 0.2) is 0 Å². The van der Waals surface area contributed by atoms with E-state index >= 15 is 0 Å². The summed E-state index contributed by atoms with van der Waals surface area (Å²) in [6.45, 7) is 11.7. The van der Waals surface area contributed by atoms with E-state index in [0.717, 1.165) is 26.1 Å². The number of hydrogen-bond acceptors (Lipinski definition) is 4. The lowest BCUT2D eigenvalue weighted by Crippen LogP contribution is -2.46. The van der Waals surface area contributed by atoms with E-state index < -0.39 is 5.60 Å². The summed E-state index contributed by atoms with van der Waals surface area (Å²) in [6, 6.07) is 11.6. The quantitative estimate of drug-likeness (QED) is 0.780. The number of carbonyl (C=O) groups is 1. The normalized spacial score (nSPS) is 17.7. The Hall–Kier alpha value is -1.59. The number of amides is 1. The molecule has 5 nitrogen and oxygen atoms in total.